The standard InChI is InChI=1S/C23H19N5/c1-4-10-21(28-17-26-20-9-3-6-12-23(20)28)18(7-1)15-25-19-8-2-5-11-22(19)27-14-13-24-16-27/h1-14,16-17,25H,15H2. The first kappa shape index (κ1) is 16.3. The number of aromatic nitrogens is 4. The molecule has 3 aromatic carbocycles. The number of imidazole rings is 2. The molecule has 5 heteroatoms. The van der Waals surface area contributed by atoms with Crippen LogP contribution in [0.3, 0.4) is 0 Å². The second-order valence-electron chi connectivity index (χ2n) is 6.57. The monoisotopic (exact) mass is 365 g/mol. The average molecular weight is 365 g/mol. The number of anilines is 1. The summed E-state index contributed by atoms with van der Waals surface area (Å²) in [6.07, 6.45) is 7.44. The molecule has 0 aliphatic rings. The fourth-order valence-electron chi connectivity index (χ4n) is 3.49. The van der Waals surface area contributed by atoms with Gasteiger partial charge in [0.2, 0.25) is 0 Å². The van der Waals surface area contributed by atoms with Crippen LogP contribution in [-0.4, -0.2) is 19.1 Å². The van der Waals surface area contributed by atoms with E-state index in [1.54, 1.807) is 6.20 Å². The number of hydrogen-bond acceptors (Lipinski definition) is 3. The molecule has 0 amide bonds. The highest BCUT2D eigenvalue weighted by molar-refractivity contribution is 5.77. The number of benzene rings is 3. The molecular weight excluding hydrogens is 346 g/mol. The Hall–Kier alpha value is -3.86. The lowest BCUT2D eigenvalue weighted by Gasteiger charge is -2.15. The van der Waals surface area contributed by atoms with Gasteiger partial charge in [0, 0.05) is 18.9 Å². The van der Waals surface area contributed by atoms with E-state index in [0.717, 1.165) is 28.1 Å². The molecule has 5 aromatic rings. The van der Waals surface area contributed by atoms with Gasteiger partial charge in [-0.15, -0.1) is 0 Å². The fraction of sp³-hybridized carbons (Fsp3) is 0.0435. The van der Waals surface area contributed by atoms with Crippen molar-refractivity contribution in [1.82, 2.24) is 19.1 Å². The van der Waals surface area contributed by atoms with Crippen LogP contribution in [0.1, 0.15) is 5.56 Å². The van der Waals surface area contributed by atoms with E-state index < -0.39 is 0 Å². The molecule has 28 heavy (non-hydrogen) atoms. The summed E-state index contributed by atoms with van der Waals surface area (Å²) in [6, 6.07) is 24.9. The van der Waals surface area contributed by atoms with E-state index in [1.807, 2.05) is 53.8 Å². The molecule has 0 bridgehead atoms. The third kappa shape index (κ3) is 2.93. The van der Waals surface area contributed by atoms with Gasteiger partial charge in [0.05, 0.1) is 34.4 Å². The molecule has 0 aliphatic heterocycles. The predicted molar refractivity (Wildman–Crippen MR) is 112 cm³/mol. The lowest BCUT2D eigenvalue weighted by Crippen LogP contribution is -2.06. The van der Waals surface area contributed by atoms with E-state index in [4.69, 9.17) is 0 Å². The Labute approximate surface area is 162 Å². The number of para-hydroxylation sites is 5. The van der Waals surface area contributed by atoms with Gasteiger partial charge in [0.15, 0.2) is 0 Å². The summed E-state index contributed by atoms with van der Waals surface area (Å²) < 4.78 is 4.16. The van der Waals surface area contributed by atoms with Crippen molar-refractivity contribution in [1.29, 1.82) is 0 Å². The maximum Gasteiger partial charge on any atom is 0.100 e. The lowest BCUT2D eigenvalue weighted by atomic mass is 10.1. The maximum absolute atomic E-state index is 4.53. The summed E-state index contributed by atoms with van der Waals surface area (Å²) in [5.74, 6) is 0. The van der Waals surface area contributed by atoms with Gasteiger partial charge >= 0.3 is 0 Å². The Kier molecular flexibility index (Phi) is 4.10. The van der Waals surface area contributed by atoms with Crippen LogP contribution in [0.25, 0.3) is 22.4 Å². The van der Waals surface area contributed by atoms with Crippen LogP contribution < -0.4 is 5.32 Å². The van der Waals surface area contributed by atoms with Gasteiger partial charge in [-0.2, -0.15) is 0 Å². The largest absolute Gasteiger partial charge is 0.379 e. The smallest absolute Gasteiger partial charge is 0.100 e. The molecule has 1 N–H and O–H groups in total. The molecule has 0 saturated heterocycles. The summed E-state index contributed by atoms with van der Waals surface area (Å²) in [6.45, 7) is 0.703. The van der Waals surface area contributed by atoms with Crippen LogP contribution >= 0.6 is 0 Å². The van der Waals surface area contributed by atoms with Gasteiger partial charge < -0.3 is 9.88 Å². The zero-order valence-corrected chi connectivity index (χ0v) is 15.2. The van der Waals surface area contributed by atoms with Gasteiger partial charge in [-0.1, -0.05) is 42.5 Å². The molecule has 0 spiro atoms. The van der Waals surface area contributed by atoms with Gasteiger partial charge in [0.1, 0.15) is 6.33 Å². The van der Waals surface area contributed by atoms with Crippen LogP contribution in [-0.2, 0) is 6.54 Å². The average Bonchev–Trinajstić information content (AvgIpc) is 3.43. The quantitative estimate of drug-likeness (QED) is 0.486. The Morgan fingerprint density at radius 2 is 1.57 bits per heavy atom. The van der Waals surface area contributed by atoms with Gasteiger partial charge in [0.25, 0.3) is 0 Å². The second-order valence-corrected chi connectivity index (χ2v) is 6.57. The summed E-state index contributed by atoms with van der Waals surface area (Å²) in [7, 11) is 0. The molecule has 0 aliphatic carbocycles. The molecule has 136 valence electrons. The highest BCUT2D eigenvalue weighted by Crippen LogP contribution is 2.24. The van der Waals surface area contributed by atoms with Crippen LogP contribution in [0, 0.1) is 0 Å². The summed E-state index contributed by atoms with van der Waals surface area (Å²) >= 11 is 0. The van der Waals surface area contributed by atoms with Crippen LogP contribution in [0.4, 0.5) is 5.69 Å². The van der Waals surface area contributed by atoms with Crippen LogP contribution in [0.15, 0.2) is 97.8 Å². The van der Waals surface area contributed by atoms with E-state index >= 15 is 0 Å². The number of nitrogens with zero attached hydrogens (tertiary/aromatic N) is 4. The molecule has 0 atom stereocenters. The number of hydrogen-bond donors (Lipinski definition) is 1. The highest BCUT2D eigenvalue weighted by atomic mass is 15.1. The minimum absolute atomic E-state index is 0.703. The molecular formula is C23H19N5. The van der Waals surface area contributed by atoms with Crippen molar-refractivity contribution in [3.05, 3.63) is 103 Å². The Morgan fingerprint density at radius 1 is 0.786 bits per heavy atom. The maximum atomic E-state index is 4.53. The minimum Gasteiger partial charge on any atom is -0.379 e. The normalized spacial score (nSPS) is 11.0. The van der Waals surface area contributed by atoms with Crippen molar-refractivity contribution in [3.8, 4) is 11.4 Å². The summed E-state index contributed by atoms with van der Waals surface area (Å²) in [4.78, 5) is 8.69. The molecule has 0 radical (unpaired) electrons. The molecule has 2 aromatic heterocycles. The second kappa shape index (κ2) is 7.04. The first-order chi connectivity index (χ1) is 13.9. The van der Waals surface area contributed by atoms with Crippen LogP contribution in [0.2, 0.25) is 0 Å². The number of nitrogens with one attached hydrogen (secondary N) is 1. The minimum atomic E-state index is 0.703. The third-order valence-corrected chi connectivity index (χ3v) is 4.86. The van der Waals surface area contributed by atoms with E-state index in [2.05, 4.69) is 62.3 Å². The molecule has 5 nitrogen and oxygen atoms in total. The fourth-order valence-corrected chi connectivity index (χ4v) is 3.49. The zero-order valence-electron chi connectivity index (χ0n) is 15.2. The van der Waals surface area contributed by atoms with Crippen molar-refractivity contribution >= 4 is 16.7 Å². The van der Waals surface area contributed by atoms with Crippen molar-refractivity contribution in [2.75, 3.05) is 5.32 Å². The van der Waals surface area contributed by atoms with Crippen LogP contribution in [0.5, 0.6) is 0 Å². The van der Waals surface area contributed by atoms with Gasteiger partial charge in [-0.05, 0) is 35.9 Å². The van der Waals surface area contributed by atoms with Gasteiger partial charge in [-0.25, -0.2) is 9.97 Å². The van der Waals surface area contributed by atoms with Crippen molar-refractivity contribution < 1.29 is 0 Å². The Balaban J connectivity index is 1.49. The highest BCUT2D eigenvalue weighted by Gasteiger charge is 2.09. The molecule has 0 unspecified atom stereocenters. The van der Waals surface area contributed by atoms with E-state index in [-0.39, 0.29) is 0 Å². The Bertz CT molecular complexity index is 1220. The van der Waals surface area contributed by atoms with Gasteiger partial charge in [-0.3, -0.25) is 4.57 Å². The van der Waals surface area contributed by atoms with Crippen molar-refractivity contribution in [2.24, 2.45) is 0 Å². The first-order valence-electron chi connectivity index (χ1n) is 9.22. The molecule has 2 heterocycles. The summed E-state index contributed by atoms with van der Waals surface area (Å²) in [5.41, 5.74) is 6.57. The number of rotatable bonds is 5. The third-order valence-electron chi connectivity index (χ3n) is 4.86. The Morgan fingerprint density at radius 3 is 2.46 bits per heavy atom. The molecule has 5 rings (SSSR count). The molecule has 0 saturated carbocycles. The van der Waals surface area contributed by atoms with E-state index in [0.29, 0.717) is 6.54 Å². The summed E-state index contributed by atoms with van der Waals surface area (Å²) in [5, 5.41) is 3.59. The first-order valence-corrected chi connectivity index (χ1v) is 9.22. The lowest BCUT2D eigenvalue weighted by molar-refractivity contribution is 1.02. The SMILES string of the molecule is c1ccc(-n2cnc3ccccc32)c(CNc2ccccc2-n2ccnc2)c1. The van der Waals surface area contributed by atoms with E-state index in [1.165, 1.54) is 5.56 Å². The topological polar surface area (TPSA) is 47.7 Å². The van der Waals surface area contributed by atoms with E-state index in [9.17, 15) is 0 Å². The zero-order chi connectivity index (χ0) is 18.8. The number of fused-ring (bicyclic) bond motifs is 1. The van der Waals surface area contributed by atoms with Crippen molar-refractivity contribution in [3.63, 3.8) is 0 Å². The molecule has 0 fully saturated rings. The predicted octanol–water partition coefficient (Wildman–Crippen LogP) is 4.82. The van der Waals surface area contributed by atoms with Crippen molar-refractivity contribution in [2.45, 2.75) is 6.54 Å².